The largest absolute Gasteiger partial charge is 0.507 e. The quantitative estimate of drug-likeness (QED) is 0.576. The van der Waals surface area contributed by atoms with Crippen LogP contribution >= 0.6 is 45.2 Å². The molecule has 1 aliphatic heterocycles. The first kappa shape index (κ1) is 18.7. The SMILES string of the molecule is CN1CCN(C(C)(C)CNCc2cc(I)cc(I)c2O)CC1. The van der Waals surface area contributed by atoms with E-state index in [9.17, 15) is 5.11 Å². The first-order chi connectivity index (χ1) is 10.3. The fourth-order valence-corrected chi connectivity index (χ4v) is 4.75. The molecule has 1 aliphatic rings. The van der Waals surface area contributed by atoms with Gasteiger partial charge in [-0.25, -0.2) is 0 Å². The molecular weight excluding hydrogens is 504 g/mol. The smallest absolute Gasteiger partial charge is 0.133 e. The van der Waals surface area contributed by atoms with Crippen LogP contribution in [0, 0.1) is 7.14 Å². The molecule has 0 bridgehead atoms. The van der Waals surface area contributed by atoms with E-state index in [1.807, 2.05) is 12.1 Å². The fraction of sp³-hybridized carbons (Fsp3) is 0.625. The highest BCUT2D eigenvalue weighted by Gasteiger charge is 2.28. The number of benzene rings is 1. The molecule has 1 fully saturated rings. The van der Waals surface area contributed by atoms with E-state index in [0.717, 1.165) is 45.4 Å². The van der Waals surface area contributed by atoms with Gasteiger partial charge in [-0.1, -0.05) is 0 Å². The summed E-state index contributed by atoms with van der Waals surface area (Å²) in [6, 6.07) is 4.04. The number of phenols is 1. The maximum absolute atomic E-state index is 10.2. The maximum atomic E-state index is 10.2. The number of aromatic hydroxyl groups is 1. The summed E-state index contributed by atoms with van der Waals surface area (Å²) in [5.74, 6) is 0.408. The summed E-state index contributed by atoms with van der Waals surface area (Å²) in [5.41, 5.74) is 1.11. The molecule has 1 aromatic carbocycles. The predicted molar refractivity (Wildman–Crippen MR) is 108 cm³/mol. The zero-order valence-electron chi connectivity index (χ0n) is 13.5. The summed E-state index contributed by atoms with van der Waals surface area (Å²) < 4.78 is 2.08. The molecule has 1 saturated heterocycles. The average Bonchev–Trinajstić information content (AvgIpc) is 2.44. The van der Waals surface area contributed by atoms with Gasteiger partial charge < -0.3 is 15.3 Å². The van der Waals surface area contributed by atoms with E-state index in [-0.39, 0.29) is 5.54 Å². The van der Waals surface area contributed by atoms with Gasteiger partial charge in [0.15, 0.2) is 0 Å². The number of rotatable bonds is 5. The first-order valence-electron chi connectivity index (χ1n) is 7.61. The lowest BCUT2D eigenvalue weighted by molar-refractivity contribution is 0.0617. The molecule has 2 rings (SSSR count). The van der Waals surface area contributed by atoms with Crippen LogP contribution < -0.4 is 5.32 Å². The summed E-state index contributed by atoms with van der Waals surface area (Å²) in [6.07, 6.45) is 0. The number of nitrogens with one attached hydrogen (secondary N) is 1. The van der Waals surface area contributed by atoms with Gasteiger partial charge in [-0.2, -0.15) is 0 Å². The van der Waals surface area contributed by atoms with Gasteiger partial charge in [0.2, 0.25) is 0 Å². The normalized spacial score (nSPS) is 17.9. The number of likely N-dealkylation sites (N-methyl/N-ethyl adjacent to an activating group) is 1. The zero-order chi connectivity index (χ0) is 16.3. The number of piperazine rings is 1. The minimum Gasteiger partial charge on any atom is -0.507 e. The fourth-order valence-electron chi connectivity index (χ4n) is 2.78. The van der Waals surface area contributed by atoms with Crippen molar-refractivity contribution in [1.82, 2.24) is 15.1 Å². The third kappa shape index (κ3) is 4.93. The molecule has 0 aliphatic carbocycles. The van der Waals surface area contributed by atoms with E-state index in [2.05, 4.69) is 81.2 Å². The molecular formula is C16H25I2N3O. The van der Waals surface area contributed by atoms with E-state index in [0.29, 0.717) is 12.3 Å². The lowest BCUT2D eigenvalue weighted by atomic mass is 10.0. The van der Waals surface area contributed by atoms with Gasteiger partial charge >= 0.3 is 0 Å². The van der Waals surface area contributed by atoms with Gasteiger partial charge in [0.25, 0.3) is 0 Å². The van der Waals surface area contributed by atoms with Gasteiger partial charge in [0.05, 0.1) is 3.57 Å². The zero-order valence-corrected chi connectivity index (χ0v) is 17.8. The highest BCUT2D eigenvalue weighted by atomic mass is 127. The van der Waals surface area contributed by atoms with E-state index in [1.165, 1.54) is 0 Å². The molecule has 124 valence electrons. The van der Waals surface area contributed by atoms with Crippen LogP contribution in [0.4, 0.5) is 0 Å². The lowest BCUT2D eigenvalue weighted by Crippen LogP contribution is -2.57. The number of hydrogen-bond donors (Lipinski definition) is 2. The Hall–Kier alpha value is 0.360. The summed E-state index contributed by atoms with van der Waals surface area (Å²) in [5, 5.41) is 13.7. The van der Waals surface area contributed by atoms with Crippen LogP contribution in [0.5, 0.6) is 5.75 Å². The second-order valence-corrected chi connectivity index (χ2v) is 9.01. The molecule has 0 saturated carbocycles. The summed E-state index contributed by atoms with van der Waals surface area (Å²) >= 11 is 4.48. The highest BCUT2D eigenvalue weighted by Crippen LogP contribution is 2.27. The Morgan fingerprint density at radius 3 is 2.45 bits per heavy atom. The molecule has 1 heterocycles. The monoisotopic (exact) mass is 529 g/mol. The molecule has 1 aromatic rings. The topological polar surface area (TPSA) is 38.7 Å². The number of halogens is 2. The average molecular weight is 529 g/mol. The third-order valence-electron chi connectivity index (χ3n) is 4.34. The van der Waals surface area contributed by atoms with Crippen LogP contribution in [-0.2, 0) is 6.54 Å². The van der Waals surface area contributed by atoms with Gasteiger partial charge in [0, 0.05) is 53.9 Å². The van der Waals surface area contributed by atoms with E-state index in [1.54, 1.807) is 0 Å². The van der Waals surface area contributed by atoms with Crippen LogP contribution in [0.15, 0.2) is 12.1 Å². The van der Waals surface area contributed by atoms with Gasteiger partial charge in [-0.3, -0.25) is 4.90 Å². The molecule has 0 aromatic heterocycles. The van der Waals surface area contributed by atoms with Crippen molar-refractivity contribution >= 4 is 45.2 Å². The molecule has 4 nitrogen and oxygen atoms in total. The summed E-state index contributed by atoms with van der Waals surface area (Å²) in [7, 11) is 2.18. The van der Waals surface area contributed by atoms with Gasteiger partial charge in [0.1, 0.15) is 5.75 Å². The standard InChI is InChI=1S/C16H25I2N3O/c1-16(2,21-6-4-20(3)5-7-21)11-19-10-12-8-13(17)9-14(18)15(12)22/h8-9,19,22H,4-7,10-11H2,1-3H3. The highest BCUT2D eigenvalue weighted by molar-refractivity contribution is 14.1. The molecule has 0 radical (unpaired) electrons. The molecule has 0 spiro atoms. The Balaban J connectivity index is 1.90. The van der Waals surface area contributed by atoms with E-state index >= 15 is 0 Å². The molecule has 2 N–H and O–H groups in total. The first-order valence-corrected chi connectivity index (χ1v) is 9.76. The van der Waals surface area contributed by atoms with Crippen LogP contribution in [0.2, 0.25) is 0 Å². The number of nitrogens with zero attached hydrogens (tertiary/aromatic N) is 2. The van der Waals surface area contributed by atoms with Crippen molar-refractivity contribution in [3.63, 3.8) is 0 Å². The minimum atomic E-state index is 0.131. The Bertz CT molecular complexity index is 514. The second-order valence-electron chi connectivity index (χ2n) is 6.60. The Morgan fingerprint density at radius 2 is 1.82 bits per heavy atom. The van der Waals surface area contributed by atoms with Crippen molar-refractivity contribution in [2.24, 2.45) is 0 Å². The van der Waals surface area contributed by atoms with E-state index < -0.39 is 0 Å². The third-order valence-corrected chi connectivity index (χ3v) is 5.78. The molecule has 0 amide bonds. The Morgan fingerprint density at radius 1 is 1.18 bits per heavy atom. The Kier molecular flexibility index (Phi) is 6.76. The molecule has 0 unspecified atom stereocenters. The van der Waals surface area contributed by atoms with Crippen molar-refractivity contribution in [3.8, 4) is 5.75 Å². The minimum absolute atomic E-state index is 0.131. The maximum Gasteiger partial charge on any atom is 0.133 e. The van der Waals surface area contributed by atoms with E-state index in [4.69, 9.17) is 0 Å². The van der Waals surface area contributed by atoms with Crippen LogP contribution in [0.25, 0.3) is 0 Å². The molecule has 0 atom stereocenters. The lowest BCUT2D eigenvalue weighted by Gasteiger charge is -2.43. The van der Waals surface area contributed by atoms with Gasteiger partial charge in [-0.15, -0.1) is 0 Å². The van der Waals surface area contributed by atoms with Crippen molar-refractivity contribution in [2.75, 3.05) is 39.8 Å². The van der Waals surface area contributed by atoms with Gasteiger partial charge in [-0.05, 0) is 78.2 Å². The number of hydrogen-bond acceptors (Lipinski definition) is 4. The van der Waals surface area contributed by atoms with Crippen LogP contribution in [-0.4, -0.2) is 60.2 Å². The number of phenolic OH excluding ortho intramolecular Hbond substituents is 1. The molecule has 22 heavy (non-hydrogen) atoms. The second kappa shape index (κ2) is 7.96. The van der Waals surface area contributed by atoms with Crippen molar-refractivity contribution < 1.29 is 5.11 Å². The summed E-state index contributed by atoms with van der Waals surface area (Å²) in [6.45, 7) is 10.7. The predicted octanol–water partition coefficient (Wildman–Crippen LogP) is 2.72. The summed E-state index contributed by atoms with van der Waals surface area (Å²) in [4.78, 5) is 4.93. The van der Waals surface area contributed by atoms with Crippen LogP contribution in [0.3, 0.4) is 0 Å². The Labute approximate surface area is 160 Å². The van der Waals surface area contributed by atoms with Crippen molar-refractivity contribution in [1.29, 1.82) is 0 Å². The van der Waals surface area contributed by atoms with Crippen LogP contribution in [0.1, 0.15) is 19.4 Å². The molecule has 6 heteroatoms. The van der Waals surface area contributed by atoms with Crippen molar-refractivity contribution in [3.05, 3.63) is 24.8 Å². The van der Waals surface area contributed by atoms with Crippen molar-refractivity contribution in [2.45, 2.75) is 25.9 Å².